The molecule has 478 valence electrons. The van der Waals surface area contributed by atoms with Crippen LogP contribution in [0.1, 0.15) is 387 Å². The topological polar surface area (TPSA) is 78.9 Å². The van der Waals surface area contributed by atoms with Crippen molar-refractivity contribution in [2.45, 2.75) is 393 Å². The van der Waals surface area contributed by atoms with E-state index in [2.05, 4.69) is 81.5 Å². The Morgan fingerprint density at radius 1 is 0.256 bits per heavy atom. The number of esters is 3. The Morgan fingerprint density at radius 2 is 0.476 bits per heavy atom. The molecule has 1 unspecified atom stereocenters. The van der Waals surface area contributed by atoms with Crippen LogP contribution in [0.2, 0.25) is 0 Å². The van der Waals surface area contributed by atoms with Crippen molar-refractivity contribution in [3.8, 4) is 0 Å². The van der Waals surface area contributed by atoms with Crippen LogP contribution in [-0.2, 0) is 28.6 Å². The molecular formula is C76H138O6. The van der Waals surface area contributed by atoms with Crippen molar-refractivity contribution in [3.05, 3.63) is 60.8 Å². The van der Waals surface area contributed by atoms with E-state index < -0.39 is 6.10 Å². The minimum atomic E-state index is -0.776. The summed E-state index contributed by atoms with van der Waals surface area (Å²) in [5.41, 5.74) is 0. The SMILES string of the molecule is CC/C=C\C/C=C\C/C=C\C/C=C\CCCCCCCCCCC(=O)OC(COC(=O)CCCCCCCCCCCC)COC(=O)CCCCCCCCCCCCCCCCCCCCCCC/C=C\CCCCCCCCCC. The first-order chi connectivity index (χ1) is 40.5. The van der Waals surface area contributed by atoms with Crippen LogP contribution in [0.4, 0.5) is 0 Å². The van der Waals surface area contributed by atoms with Gasteiger partial charge in [-0.2, -0.15) is 0 Å². The first-order valence-electron chi connectivity index (χ1n) is 36.3. The van der Waals surface area contributed by atoms with Crippen molar-refractivity contribution < 1.29 is 28.6 Å². The van der Waals surface area contributed by atoms with E-state index in [1.54, 1.807) is 0 Å². The second-order valence-corrected chi connectivity index (χ2v) is 24.5. The Bertz CT molecular complexity index is 1460. The highest BCUT2D eigenvalue weighted by Crippen LogP contribution is 2.18. The molecular weight excluding hydrogens is 1010 g/mol. The number of ether oxygens (including phenoxy) is 3. The van der Waals surface area contributed by atoms with Gasteiger partial charge in [0.05, 0.1) is 0 Å². The third-order valence-corrected chi connectivity index (χ3v) is 16.3. The second-order valence-electron chi connectivity index (χ2n) is 24.5. The molecule has 0 aromatic carbocycles. The van der Waals surface area contributed by atoms with Crippen LogP contribution in [0.3, 0.4) is 0 Å². The quantitative estimate of drug-likeness (QED) is 0.0261. The molecule has 0 saturated carbocycles. The average Bonchev–Trinajstić information content (AvgIpc) is 3.47. The average molecular weight is 1150 g/mol. The summed E-state index contributed by atoms with van der Waals surface area (Å²) >= 11 is 0. The van der Waals surface area contributed by atoms with Crippen LogP contribution in [0.5, 0.6) is 0 Å². The van der Waals surface area contributed by atoms with Gasteiger partial charge in [0.1, 0.15) is 13.2 Å². The van der Waals surface area contributed by atoms with Gasteiger partial charge in [-0.3, -0.25) is 14.4 Å². The van der Waals surface area contributed by atoms with Gasteiger partial charge in [-0.1, -0.05) is 345 Å². The summed E-state index contributed by atoms with van der Waals surface area (Å²) in [4.78, 5) is 38.3. The standard InChI is InChI=1S/C76H138O6/c1-4-7-10-13-16-19-22-24-26-28-30-32-33-34-35-36-37-38-39-40-41-42-43-45-46-48-50-52-54-57-60-63-66-69-75(78)81-72-73(71-80-74(77)68-65-62-59-56-21-18-15-12-9-6-3)82-76(79)70-67-64-61-58-55-53-51-49-47-44-31-29-27-25-23-20-17-14-11-8-5-2/h8,11,17,20,25,27-28,30-31,44,73H,4-7,9-10,12-16,18-19,21-24,26,29,32-43,45-72H2,1-3H3/b11-8-,20-17-,27-25-,30-28-,44-31-. The highest BCUT2D eigenvalue weighted by Gasteiger charge is 2.19. The van der Waals surface area contributed by atoms with Gasteiger partial charge < -0.3 is 14.2 Å². The molecule has 0 spiro atoms. The van der Waals surface area contributed by atoms with Crippen molar-refractivity contribution >= 4 is 17.9 Å². The summed E-state index contributed by atoms with van der Waals surface area (Å²) in [6.45, 7) is 6.56. The summed E-state index contributed by atoms with van der Waals surface area (Å²) in [5.74, 6) is -0.860. The maximum atomic E-state index is 12.9. The fourth-order valence-electron chi connectivity index (χ4n) is 10.8. The lowest BCUT2D eigenvalue weighted by Crippen LogP contribution is -2.30. The third-order valence-electron chi connectivity index (χ3n) is 16.3. The van der Waals surface area contributed by atoms with Gasteiger partial charge in [0.15, 0.2) is 6.10 Å². The van der Waals surface area contributed by atoms with Gasteiger partial charge in [0.2, 0.25) is 0 Å². The molecule has 0 fully saturated rings. The fourth-order valence-corrected chi connectivity index (χ4v) is 10.8. The Hall–Kier alpha value is -2.89. The van der Waals surface area contributed by atoms with Gasteiger partial charge in [0.25, 0.3) is 0 Å². The van der Waals surface area contributed by atoms with E-state index in [9.17, 15) is 14.4 Å². The van der Waals surface area contributed by atoms with E-state index in [-0.39, 0.29) is 31.1 Å². The lowest BCUT2D eigenvalue weighted by Gasteiger charge is -2.18. The summed E-state index contributed by atoms with van der Waals surface area (Å²) in [6, 6.07) is 0. The Balaban J connectivity index is 4.08. The Morgan fingerprint density at radius 3 is 0.756 bits per heavy atom. The van der Waals surface area contributed by atoms with Crippen molar-refractivity contribution in [1.29, 1.82) is 0 Å². The number of carbonyl (C=O) groups excluding carboxylic acids is 3. The second kappa shape index (κ2) is 70.6. The minimum absolute atomic E-state index is 0.0727. The predicted molar refractivity (Wildman–Crippen MR) is 358 cm³/mol. The van der Waals surface area contributed by atoms with Crippen LogP contribution >= 0.6 is 0 Å². The molecule has 0 heterocycles. The summed E-state index contributed by atoms with van der Waals surface area (Å²) in [6.07, 6.45) is 91.4. The zero-order valence-electron chi connectivity index (χ0n) is 55.0. The van der Waals surface area contributed by atoms with Gasteiger partial charge in [-0.15, -0.1) is 0 Å². The highest BCUT2D eigenvalue weighted by atomic mass is 16.6. The number of unbranched alkanes of at least 4 members (excludes halogenated alkanes) is 46. The first kappa shape index (κ1) is 79.1. The molecule has 0 saturated heterocycles. The molecule has 1 atom stereocenters. The molecule has 6 heteroatoms. The molecule has 0 rings (SSSR count). The highest BCUT2D eigenvalue weighted by molar-refractivity contribution is 5.71. The van der Waals surface area contributed by atoms with E-state index in [1.165, 1.54) is 257 Å². The van der Waals surface area contributed by atoms with Crippen molar-refractivity contribution in [2.24, 2.45) is 0 Å². The summed E-state index contributed by atoms with van der Waals surface area (Å²) in [7, 11) is 0. The third kappa shape index (κ3) is 67.9. The van der Waals surface area contributed by atoms with Crippen LogP contribution in [0.15, 0.2) is 60.8 Å². The molecule has 0 aliphatic rings. The molecule has 82 heavy (non-hydrogen) atoms. The van der Waals surface area contributed by atoms with E-state index in [1.807, 2.05) is 0 Å². The minimum Gasteiger partial charge on any atom is -0.462 e. The summed E-state index contributed by atoms with van der Waals surface area (Å²) in [5, 5.41) is 0. The molecule has 6 nitrogen and oxygen atoms in total. The molecule has 0 aliphatic carbocycles. The predicted octanol–water partition coefficient (Wildman–Crippen LogP) is 25.1. The van der Waals surface area contributed by atoms with Crippen LogP contribution in [0, 0.1) is 0 Å². The van der Waals surface area contributed by atoms with Crippen LogP contribution < -0.4 is 0 Å². The first-order valence-corrected chi connectivity index (χ1v) is 36.3. The molecule has 0 aromatic rings. The molecule has 0 radical (unpaired) electrons. The molecule has 0 bridgehead atoms. The zero-order chi connectivity index (χ0) is 59.2. The lowest BCUT2D eigenvalue weighted by molar-refractivity contribution is -0.167. The van der Waals surface area contributed by atoms with E-state index >= 15 is 0 Å². The zero-order valence-corrected chi connectivity index (χ0v) is 55.0. The van der Waals surface area contributed by atoms with Crippen LogP contribution in [-0.4, -0.2) is 37.2 Å². The van der Waals surface area contributed by atoms with Gasteiger partial charge in [-0.25, -0.2) is 0 Å². The maximum absolute atomic E-state index is 12.9. The van der Waals surface area contributed by atoms with Gasteiger partial charge in [0, 0.05) is 19.3 Å². The maximum Gasteiger partial charge on any atom is 0.306 e. The number of hydrogen-bond donors (Lipinski definition) is 0. The fraction of sp³-hybridized carbons (Fsp3) is 0.829. The lowest BCUT2D eigenvalue weighted by atomic mass is 10.0. The van der Waals surface area contributed by atoms with Crippen molar-refractivity contribution in [2.75, 3.05) is 13.2 Å². The molecule has 0 aromatic heterocycles. The van der Waals surface area contributed by atoms with Crippen molar-refractivity contribution in [3.63, 3.8) is 0 Å². The number of allylic oxidation sites excluding steroid dienone is 10. The van der Waals surface area contributed by atoms with E-state index in [0.717, 1.165) is 89.9 Å². The normalized spacial score (nSPS) is 12.4. The van der Waals surface area contributed by atoms with Gasteiger partial charge in [-0.05, 0) is 83.5 Å². The van der Waals surface area contributed by atoms with Crippen molar-refractivity contribution in [1.82, 2.24) is 0 Å². The van der Waals surface area contributed by atoms with E-state index in [4.69, 9.17) is 14.2 Å². The smallest absolute Gasteiger partial charge is 0.306 e. The van der Waals surface area contributed by atoms with Crippen LogP contribution in [0.25, 0.3) is 0 Å². The molecule has 0 amide bonds. The number of hydrogen-bond acceptors (Lipinski definition) is 6. The van der Waals surface area contributed by atoms with Gasteiger partial charge >= 0.3 is 17.9 Å². The number of carbonyl (C=O) groups is 3. The molecule has 0 aliphatic heterocycles. The number of rotatable bonds is 67. The Labute approximate surface area is 510 Å². The molecule has 0 N–H and O–H groups in total. The monoisotopic (exact) mass is 1150 g/mol. The van der Waals surface area contributed by atoms with E-state index in [0.29, 0.717) is 19.3 Å². The summed E-state index contributed by atoms with van der Waals surface area (Å²) < 4.78 is 16.9. The Kier molecular flexibility index (Phi) is 68.1. The largest absolute Gasteiger partial charge is 0.462 e.